The number of hydrogen-bond donors (Lipinski definition) is 2. The average molecular weight is 287 g/mol. The van der Waals surface area contributed by atoms with Gasteiger partial charge in [0.1, 0.15) is 0 Å². The van der Waals surface area contributed by atoms with Crippen molar-refractivity contribution in [1.82, 2.24) is 5.32 Å². The zero-order chi connectivity index (χ0) is 12.3. The predicted molar refractivity (Wildman–Crippen MR) is 78.6 cm³/mol. The van der Waals surface area contributed by atoms with Crippen molar-refractivity contribution < 1.29 is 4.79 Å². The van der Waals surface area contributed by atoms with Gasteiger partial charge in [-0.1, -0.05) is 12.8 Å². The third kappa shape index (κ3) is 3.42. The van der Waals surface area contributed by atoms with E-state index in [0.717, 1.165) is 16.2 Å². The minimum atomic E-state index is 0.0567. The van der Waals surface area contributed by atoms with Crippen molar-refractivity contribution in [1.29, 1.82) is 0 Å². The molecular formula is C12H17NOS3. The van der Waals surface area contributed by atoms with Crippen molar-refractivity contribution in [3.63, 3.8) is 0 Å². The van der Waals surface area contributed by atoms with E-state index in [-0.39, 0.29) is 5.91 Å². The van der Waals surface area contributed by atoms with E-state index in [9.17, 15) is 4.79 Å². The quantitative estimate of drug-likeness (QED) is 0.834. The van der Waals surface area contributed by atoms with Crippen LogP contribution in [-0.4, -0.2) is 23.5 Å². The molecule has 0 bridgehead atoms. The summed E-state index contributed by atoms with van der Waals surface area (Å²) < 4.78 is 0. The number of carbonyl (C=O) groups excluding carboxylic acids is 1. The summed E-state index contributed by atoms with van der Waals surface area (Å²) in [5.41, 5.74) is 0. The zero-order valence-electron chi connectivity index (χ0n) is 9.81. The van der Waals surface area contributed by atoms with Crippen LogP contribution in [-0.2, 0) is 0 Å². The number of nitrogens with one attached hydrogen (secondary N) is 1. The minimum Gasteiger partial charge on any atom is -0.347 e. The summed E-state index contributed by atoms with van der Waals surface area (Å²) in [5.74, 6) is 0.0567. The molecular weight excluding hydrogens is 270 g/mol. The molecule has 1 fully saturated rings. The van der Waals surface area contributed by atoms with Crippen molar-refractivity contribution in [2.24, 2.45) is 0 Å². The van der Waals surface area contributed by atoms with Crippen LogP contribution < -0.4 is 5.32 Å². The first-order valence-corrected chi connectivity index (χ1v) is 8.43. The molecule has 0 radical (unpaired) electrons. The highest BCUT2D eigenvalue weighted by Gasteiger charge is 2.26. The average Bonchev–Trinajstić information content (AvgIpc) is 2.77. The van der Waals surface area contributed by atoms with Crippen LogP contribution in [0.3, 0.4) is 0 Å². The Morgan fingerprint density at radius 2 is 2.29 bits per heavy atom. The lowest BCUT2D eigenvalue weighted by molar-refractivity contribution is 0.0933. The Labute approximate surface area is 116 Å². The molecule has 0 spiro atoms. The first-order chi connectivity index (χ1) is 8.20. The van der Waals surface area contributed by atoms with Gasteiger partial charge in [-0.3, -0.25) is 4.79 Å². The molecule has 1 aliphatic carbocycles. The van der Waals surface area contributed by atoms with Crippen LogP contribution in [0.1, 0.15) is 35.4 Å². The van der Waals surface area contributed by atoms with Gasteiger partial charge in [0.2, 0.25) is 0 Å². The third-order valence-electron chi connectivity index (χ3n) is 3.13. The summed E-state index contributed by atoms with van der Waals surface area (Å²) in [4.78, 5) is 13.7. The normalized spacial score (nSPS) is 24.6. The summed E-state index contributed by atoms with van der Waals surface area (Å²) >= 11 is 7.56. The summed E-state index contributed by atoms with van der Waals surface area (Å²) in [6.45, 7) is 0. The van der Waals surface area contributed by atoms with Crippen molar-refractivity contribution in [3.8, 4) is 0 Å². The van der Waals surface area contributed by atoms with Gasteiger partial charge in [-0.05, 0) is 25.2 Å². The van der Waals surface area contributed by atoms with Crippen molar-refractivity contribution in [2.45, 2.75) is 41.9 Å². The van der Waals surface area contributed by atoms with Crippen LogP contribution in [0.25, 0.3) is 0 Å². The maximum Gasteiger partial charge on any atom is 0.261 e. The molecule has 1 saturated carbocycles. The Morgan fingerprint density at radius 3 is 2.94 bits per heavy atom. The van der Waals surface area contributed by atoms with Crippen LogP contribution in [0.5, 0.6) is 0 Å². The van der Waals surface area contributed by atoms with Gasteiger partial charge in [0, 0.05) is 21.6 Å². The summed E-state index contributed by atoms with van der Waals surface area (Å²) in [5, 5.41) is 5.63. The molecule has 2 nitrogen and oxygen atoms in total. The van der Waals surface area contributed by atoms with Crippen LogP contribution in [0.15, 0.2) is 16.3 Å². The lowest BCUT2D eigenvalue weighted by atomic mass is 9.95. The molecule has 1 amide bonds. The molecule has 1 aromatic rings. The van der Waals surface area contributed by atoms with Gasteiger partial charge in [-0.25, -0.2) is 0 Å². The van der Waals surface area contributed by atoms with Gasteiger partial charge in [0.15, 0.2) is 0 Å². The van der Waals surface area contributed by atoms with Crippen LogP contribution in [0.2, 0.25) is 0 Å². The van der Waals surface area contributed by atoms with Gasteiger partial charge in [0.05, 0.1) is 4.88 Å². The van der Waals surface area contributed by atoms with E-state index in [1.165, 1.54) is 30.6 Å². The van der Waals surface area contributed by atoms with E-state index >= 15 is 0 Å². The summed E-state index contributed by atoms with van der Waals surface area (Å²) in [7, 11) is 0. The van der Waals surface area contributed by atoms with Crippen LogP contribution in [0, 0.1) is 0 Å². The van der Waals surface area contributed by atoms with Gasteiger partial charge < -0.3 is 5.32 Å². The molecule has 2 rings (SSSR count). The number of carbonyl (C=O) groups is 1. The molecule has 1 N–H and O–H groups in total. The van der Waals surface area contributed by atoms with Crippen molar-refractivity contribution >= 4 is 41.6 Å². The number of amides is 1. The monoisotopic (exact) mass is 287 g/mol. The maximum atomic E-state index is 12.0. The molecule has 94 valence electrons. The topological polar surface area (TPSA) is 29.1 Å². The van der Waals surface area contributed by atoms with Crippen molar-refractivity contribution in [2.75, 3.05) is 6.26 Å². The maximum absolute atomic E-state index is 12.0. The molecule has 0 aromatic carbocycles. The summed E-state index contributed by atoms with van der Waals surface area (Å²) in [6, 6.07) is 2.16. The Kier molecular flexibility index (Phi) is 4.82. The van der Waals surface area contributed by atoms with E-state index < -0.39 is 0 Å². The Morgan fingerprint density at radius 1 is 1.53 bits per heavy atom. The van der Waals surface area contributed by atoms with E-state index in [1.807, 2.05) is 23.2 Å². The Bertz CT molecular complexity index is 391. The second-order valence-electron chi connectivity index (χ2n) is 4.31. The number of thiophene rings is 1. The van der Waals surface area contributed by atoms with Gasteiger partial charge in [-0.15, -0.1) is 24.0 Å². The molecule has 1 aromatic heterocycles. The smallest absolute Gasteiger partial charge is 0.261 e. The van der Waals surface area contributed by atoms with Gasteiger partial charge >= 0.3 is 0 Å². The molecule has 0 aliphatic heterocycles. The number of rotatable bonds is 3. The van der Waals surface area contributed by atoms with Crippen LogP contribution >= 0.6 is 35.7 Å². The Hall–Kier alpha value is -0.130. The first kappa shape index (κ1) is 13.3. The molecule has 2 atom stereocenters. The molecule has 1 aliphatic rings. The number of hydrogen-bond acceptors (Lipinski definition) is 4. The second kappa shape index (κ2) is 6.16. The molecule has 5 heteroatoms. The lowest BCUT2D eigenvalue weighted by Crippen LogP contribution is -2.43. The fourth-order valence-electron chi connectivity index (χ4n) is 2.23. The van der Waals surface area contributed by atoms with E-state index in [1.54, 1.807) is 0 Å². The number of thiol groups is 1. The SMILES string of the molecule is CSC1CCCCC1NC(=O)c1cc(S)cs1. The van der Waals surface area contributed by atoms with E-state index in [4.69, 9.17) is 0 Å². The highest BCUT2D eigenvalue weighted by molar-refractivity contribution is 7.99. The van der Waals surface area contributed by atoms with Crippen LogP contribution in [0.4, 0.5) is 0 Å². The molecule has 0 saturated heterocycles. The third-order valence-corrected chi connectivity index (χ3v) is 5.66. The van der Waals surface area contributed by atoms with Crippen molar-refractivity contribution in [3.05, 3.63) is 16.3 Å². The largest absolute Gasteiger partial charge is 0.347 e. The standard InChI is InChI=1S/C12H17NOS3/c1-16-10-5-3-2-4-9(10)13-12(14)11-6-8(15)7-17-11/h6-7,9-10,15H,2-5H2,1H3,(H,13,14). The molecule has 2 unspecified atom stereocenters. The van der Waals surface area contributed by atoms with Gasteiger partial charge in [0.25, 0.3) is 5.91 Å². The van der Waals surface area contributed by atoms with E-state index in [0.29, 0.717) is 11.3 Å². The Balaban J connectivity index is 1.97. The van der Waals surface area contributed by atoms with E-state index in [2.05, 4.69) is 24.2 Å². The highest BCUT2D eigenvalue weighted by Crippen LogP contribution is 2.27. The molecule has 1 heterocycles. The fourth-order valence-corrected chi connectivity index (χ4v) is 4.22. The lowest BCUT2D eigenvalue weighted by Gasteiger charge is -2.30. The number of thioether (sulfide) groups is 1. The predicted octanol–water partition coefficient (Wildman–Crippen LogP) is 3.44. The highest BCUT2D eigenvalue weighted by atomic mass is 32.2. The summed E-state index contributed by atoms with van der Waals surface area (Å²) in [6.07, 6.45) is 6.97. The zero-order valence-corrected chi connectivity index (χ0v) is 12.3. The first-order valence-electron chi connectivity index (χ1n) is 5.82. The fraction of sp³-hybridized carbons (Fsp3) is 0.583. The minimum absolute atomic E-state index is 0.0567. The second-order valence-corrected chi connectivity index (χ2v) is 6.81. The van der Waals surface area contributed by atoms with Gasteiger partial charge in [-0.2, -0.15) is 11.8 Å². The molecule has 17 heavy (non-hydrogen) atoms.